The number of nitrogens with zero attached hydrogens (tertiary/aromatic N) is 2. The van der Waals surface area contributed by atoms with Crippen molar-refractivity contribution in [2.24, 2.45) is 0 Å². The molecule has 1 fully saturated rings. The Hall–Kier alpha value is -1.23. The van der Waals surface area contributed by atoms with Crippen molar-refractivity contribution in [1.29, 1.82) is 0 Å². The number of anilines is 1. The Morgan fingerprint density at radius 1 is 1.43 bits per heavy atom. The fraction of sp³-hybridized carbons (Fsp3) is 0.444. The average Bonchev–Trinajstić information content (AvgIpc) is 2.93. The van der Waals surface area contributed by atoms with Gasteiger partial charge < -0.3 is 10.6 Å². The van der Waals surface area contributed by atoms with Gasteiger partial charge in [-0.1, -0.05) is 0 Å². The summed E-state index contributed by atoms with van der Waals surface area (Å²) < 4.78 is 0. The average molecular weight is 208 g/mol. The summed E-state index contributed by atoms with van der Waals surface area (Å²) in [5.74, 6) is 0.761. The first-order valence-electron chi connectivity index (χ1n) is 4.60. The molecule has 74 valence electrons. The predicted octanol–water partition coefficient (Wildman–Crippen LogP) is 1.23. The highest BCUT2D eigenvalue weighted by molar-refractivity contribution is 7.80. The molecule has 2 N–H and O–H groups in total. The molecule has 1 heterocycles. The highest BCUT2D eigenvalue weighted by Crippen LogP contribution is 2.18. The Labute approximate surface area is 88.1 Å². The van der Waals surface area contributed by atoms with Crippen LogP contribution in [0, 0.1) is 6.92 Å². The summed E-state index contributed by atoms with van der Waals surface area (Å²) in [5.41, 5.74) is 0.828. The standard InChI is InChI=1S/C9H12N4S/c1-6-10-4-8(5-11-6)13-9(14)12-7-2-3-7/h4-5,7H,2-3H2,1H3,(H2,12,13,14). The van der Waals surface area contributed by atoms with Crippen molar-refractivity contribution in [3.05, 3.63) is 18.2 Å². The lowest BCUT2D eigenvalue weighted by molar-refractivity contribution is 0.918. The van der Waals surface area contributed by atoms with Gasteiger partial charge in [0.1, 0.15) is 5.82 Å². The lowest BCUT2D eigenvalue weighted by Crippen LogP contribution is -2.30. The Morgan fingerprint density at radius 2 is 2.07 bits per heavy atom. The summed E-state index contributed by atoms with van der Waals surface area (Å²) in [4.78, 5) is 8.13. The van der Waals surface area contributed by atoms with Gasteiger partial charge in [0.05, 0.1) is 18.1 Å². The van der Waals surface area contributed by atoms with Crippen LogP contribution in [0.25, 0.3) is 0 Å². The van der Waals surface area contributed by atoms with Crippen LogP contribution in [0.15, 0.2) is 12.4 Å². The van der Waals surface area contributed by atoms with Crippen LogP contribution in [0.4, 0.5) is 5.69 Å². The number of nitrogens with one attached hydrogen (secondary N) is 2. The minimum Gasteiger partial charge on any atom is -0.360 e. The molecule has 0 spiro atoms. The molecule has 0 aromatic carbocycles. The lowest BCUT2D eigenvalue weighted by Gasteiger charge is -2.08. The van der Waals surface area contributed by atoms with Crippen LogP contribution < -0.4 is 10.6 Å². The monoisotopic (exact) mass is 208 g/mol. The molecular weight excluding hydrogens is 196 g/mol. The van der Waals surface area contributed by atoms with E-state index < -0.39 is 0 Å². The first-order valence-corrected chi connectivity index (χ1v) is 5.01. The van der Waals surface area contributed by atoms with Crippen LogP contribution in [-0.4, -0.2) is 21.1 Å². The van der Waals surface area contributed by atoms with Crippen LogP contribution in [-0.2, 0) is 0 Å². The first-order chi connectivity index (χ1) is 6.74. The molecule has 0 radical (unpaired) electrons. The molecule has 5 heteroatoms. The van der Waals surface area contributed by atoms with Crippen molar-refractivity contribution >= 4 is 23.0 Å². The number of hydrogen-bond acceptors (Lipinski definition) is 3. The van der Waals surface area contributed by atoms with Gasteiger partial charge in [0.15, 0.2) is 5.11 Å². The van der Waals surface area contributed by atoms with Gasteiger partial charge in [-0.25, -0.2) is 9.97 Å². The zero-order valence-electron chi connectivity index (χ0n) is 7.95. The minimum atomic E-state index is 0.571. The summed E-state index contributed by atoms with van der Waals surface area (Å²) in [5, 5.41) is 6.87. The molecule has 0 unspecified atom stereocenters. The molecule has 0 bridgehead atoms. The largest absolute Gasteiger partial charge is 0.360 e. The zero-order chi connectivity index (χ0) is 9.97. The molecule has 1 aromatic heterocycles. The molecule has 0 saturated heterocycles. The number of hydrogen-bond donors (Lipinski definition) is 2. The van der Waals surface area contributed by atoms with E-state index in [9.17, 15) is 0 Å². The quantitative estimate of drug-likeness (QED) is 0.716. The van der Waals surface area contributed by atoms with Crippen molar-refractivity contribution in [2.75, 3.05) is 5.32 Å². The van der Waals surface area contributed by atoms with Crippen LogP contribution in [0.5, 0.6) is 0 Å². The molecule has 14 heavy (non-hydrogen) atoms. The number of thiocarbonyl (C=S) groups is 1. The van der Waals surface area contributed by atoms with E-state index in [1.807, 2.05) is 6.92 Å². The maximum absolute atomic E-state index is 5.11. The van der Waals surface area contributed by atoms with Crippen LogP contribution in [0.2, 0.25) is 0 Å². The van der Waals surface area contributed by atoms with Gasteiger partial charge in [-0.15, -0.1) is 0 Å². The van der Waals surface area contributed by atoms with E-state index in [2.05, 4.69) is 20.6 Å². The van der Waals surface area contributed by atoms with E-state index in [1.54, 1.807) is 12.4 Å². The smallest absolute Gasteiger partial charge is 0.171 e. The summed E-state index contributed by atoms with van der Waals surface area (Å²) in [6.07, 6.45) is 5.88. The Morgan fingerprint density at radius 3 is 2.64 bits per heavy atom. The molecule has 1 aliphatic carbocycles. The predicted molar refractivity (Wildman–Crippen MR) is 59.1 cm³/mol. The maximum atomic E-state index is 5.11. The molecule has 1 aliphatic rings. The van der Waals surface area contributed by atoms with Crippen molar-refractivity contribution in [2.45, 2.75) is 25.8 Å². The zero-order valence-corrected chi connectivity index (χ0v) is 8.77. The van der Waals surface area contributed by atoms with E-state index in [4.69, 9.17) is 12.2 Å². The molecule has 1 saturated carbocycles. The third kappa shape index (κ3) is 2.63. The second-order valence-electron chi connectivity index (χ2n) is 3.39. The number of aromatic nitrogens is 2. The van der Waals surface area contributed by atoms with Gasteiger partial charge in [-0.2, -0.15) is 0 Å². The van der Waals surface area contributed by atoms with E-state index in [-0.39, 0.29) is 0 Å². The van der Waals surface area contributed by atoms with Gasteiger partial charge in [-0.3, -0.25) is 0 Å². The van der Waals surface area contributed by atoms with Gasteiger partial charge in [0, 0.05) is 6.04 Å². The van der Waals surface area contributed by atoms with Gasteiger partial charge in [0.25, 0.3) is 0 Å². The molecule has 2 rings (SSSR count). The highest BCUT2D eigenvalue weighted by Gasteiger charge is 2.21. The number of rotatable bonds is 2. The summed E-state index contributed by atoms with van der Waals surface area (Å²) in [7, 11) is 0. The van der Waals surface area contributed by atoms with Crippen molar-refractivity contribution in [3.63, 3.8) is 0 Å². The van der Waals surface area contributed by atoms with Crippen LogP contribution in [0.1, 0.15) is 18.7 Å². The van der Waals surface area contributed by atoms with E-state index >= 15 is 0 Å². The Kier molecular flexibility index (Phi) is 2.58. The van der Waals surface area contributed by atoms with Crippen molar-refractivity contribution < 1.29 is 0 Å². The molecule has 0 aliphatic heterocycles. The van der Waals surface area contributed by atoms with Gasteiger partial charge in [-0.05, 0) is 32.0 Å². The summed E-state index contributed by atoms with van der Waals surface area (Å²) in [6, 6.07) is 0.571. The molecule has 0 atom stereocenters. The van der Waals surface area contributed by atoms with Gasteiger partial charge in [0.2, 0.25) is 0 Å². The van der Waals surface area contributed by atoms with Crippen LogP contribution in [0.3, 0.4) is 0 Å². The van der Waals surface area contributed by atoms with E-state index in [0.717, 1.165) is 11.5 Å². The summed E-state index contributed by atoms with van der Waals surface area (Å²) >= 11 is 5.11. The maximum Gasteiger partial charge on any atom is 0.171 e. The topological polar surface area (TPSA) is 49.8 Å². The Bertz CT molecular complexity index is 331. The fourth-order valence-corrected chi connectivity index (χ4v) is 1.32. The molecule has 1 aromatic rings. The fourth-order valence-electron chi connectivity index (χ4n) is 1.04. The second-order valence-corrected chi connectivity index (χ2v) is 3.80. The minimum absolute atomic E-state index is 0.571. The first kappa shape index (κ1) is 9.33. The van der Waals surface area contributed by atoms with Crippen molar-refractivity contribution in [3.8, 4) is 0 Å². The molecule has 0 amide bonds. The van der Waals surface area contributed by atoms with Crippen LogP contribution >= 0.6 is 12.2 Å². The highest BCUT2D eigenvalue weighted by atomic mass is 32.1. The van der Waals surface area contributed by atoms with E-state index in [0.29, 0.717) is 11.2 Å². The number of aryl methyl sites for hydroxylation is 1. The molecule has 4 nitrogen and oxygen atoms in total. The second kappa shape index (κ2) is 3.88. The third-order valence-electron chi connectivity index (χ3n) is 1.95. The SMILES string of the molecule is Cc1ncc(NC(=S)NC2CC2)cn1. The Balaban J connectivity index is 1.89. The molecular formula is C9H12N4S. The third-order valence-corrected chi connectivity index (χ3v) is 2.17. The van der Waals surface area contributed by atoms with Crippen molar-refractivity contribution in [1.82, 2.24) is 15.3 Å². The normalized spacial score (nSPS) is 14.9. The summed E-state index contributed by atoms with van der Waals surface area (Å²) in [6.45, 7) is 1.85. The van der Waals surface area contributed by atoms with E-state index in [1.165, 1.54) is 12.8 Å². The lowest BCUT2D eigenvalue weighted by atomic mass is 10.5. The van der Waals surface area contributed by atoms with Gasteiger partial charge >= 0.3 is 0 Å².